The van der Waals surface area contributed by atoms with E-state index in [0.29, 0.717) is 6.26 Å². The minimum absolute atomic E-state index is 0.426. The van der Waals surface area contributed by atoms with Crippen molar-refractivity contribution in [3.05, 3.63) is 12.8 Å². The standard InChI is InChI=1S/C8H12O7S/c1-3-8(5-6(9)10,16(12,13)14)7(11)15-4-2/h4H,2-3,5H2,1H3,(H,9,10)(H,12,13,14). The first-order chi connectivity index (χ1) is 7.21. The highest BCUT2D eigenvalue weighted by atomic mass is 32.2. The van der Waals surface area contributed by atoms with Crippen LogP contribution in [0.15, 0.2) is 12.8 Å². The molecule has 0 amide bonds. The highest BCUT2D eigenvalue weighted by Crippen LogP contribution is 2.27. The Morgan fingerprint density at radius 3 is 2.25 bits per heavy atom. The van der Waals surface area contributed by atoms with Crippen LogP contribution in [-0.4, -0.2) is 34.8 Å². The molecule has 0 aliphatic carbocycles. The smallest absolute Gasteiger partial charge is 0.335 e. The van der Waals surface area contributed by atoms with Gasteiger partial charge in [-0.25, -0.2) is 4.79 Å². The molecular weight excluding hydrogens is 240 g/mol. The van der Waals surface area contributed by atoms with Gasteiger partial charge in [0, 0.05) is 0 Å². The SMILES string of the molecule is C=COC(=O)C(CC)(CC(=O)O)S(=O)(=O)O. The molecule has 92 valence electrons. The molecule has 0 aliphatic rings. The summed E-state index contributed by atoms with van der Waals surface area (Å²) in [5.41, 5.74) is 0. The van der Waals surface area contributed by atoms with Crippen molar-refractivity contribution in [3.63, 3.8) is 0 Å². The zero-order valence-electron chi connectivity index (χ0n) is 8.54. The summed E-state index contributed by atoms with van der Waals surface area (Å²) in [5.74, 6) is -2.91. The molecule has 0 radical (unpaired) electrons. The predicted octanol–water partition coefficient (Wildman–Crippen LogP) is 0.184. The Balaban J connectivity index is 5.55. The first kappa shape index (κ1) is 14.6. The van der Waals surface area contributed by atoms with E-state index < -0.39 is 39.6 Å². The zero-order chi connectivity index (χ0) is 13.0. The van der Waals surface area contributed by atoms with Gasteiger partial charge in [-0.05, 0) is 6.42 Å². The highest BCUT2D eigenvalue weighted by molar-refractivity contribution is 7.88. The van der Waals surface area contributed by atoms with Gasteiger partial charge in [-0.1, -0.05) is 13.5 Å². The summed E-state index contributed by atoms with van der Waals surface area (Å²) in [6.45, 7) is 4.29. The lowest BCUT2D eigenvalue weighted by molar-refractivity contribution is -0.147. The Bertz CT molecular complexity index is 397. The number of carbonyl (C=O) groups excluding carboxylic acids is 1. The van der Waals surface area contributed by atoms with Crippen LogP contribution in [0.4, 0.5) is 0 Å². The van der Waals surface area contributed by atoms with Gasteiger partial charge in [0.2, 0.25) is 4.75 Å². The number of esters is 1. The molecule has 0 aliphatic heterocycles. The third-order valence-corrected chi connectivity index (χ3v) is 3.65. The summed E-state index contributed by atoms with van der Waals surface area (Å²) in [6, 6.07) is 0. The largest absolute Gasteiger partial charge is 0.481 e. The number of hydrogen-bond acceptors (Lipinski definition) is 5. The molecule has 0 spiro atoms. The van der Waals surface area contributed by atoms with E-state index in [-0.39, 0.29) is 0 Å². The van der Waals surface area contributed by atoms with E-state index in [1.165, 1.54) is 6.92 Å². The van der Waals surface area contributed by atoms with Crippen LogP contribution in [0.5, 0.6) is 0 Å². The zero-order valence-corrected chi connectivity index (χ0v) is 9.36. The summed E-state index contributed by atoms with van der Waals surface area (Å²) in [4.78, 5) is 21.9. The minimum Gasteiger partial charge on any atom is -0.481 e. The van der Waals surface area contributed by atoms with E-state index in [1.807, 2.05) is 0 Å². The van der Waals surface area contributed by atoms with E-state index in [0.717, 1.165) is 0 Å². The summed E-state index contributed by atoms with van der Waals surface area (Å²) in [5, 5.41) is 8.55. The minimum atomic E-state index is -4.90. The number of carboxylic acids is 1. The molecule has 0 heterocycles. The van der Waals surface area contributed by atoms with Crippen molar-refractivity contribution in [1.29, 1.82) is 0 Å². The molecule has 1 atom stereocenters. The van der Waals surface area contributed by atoms with Crippen LogP contribution < -0.4 is 0 Å². The Kier molecular flexibility index (Phi) is 4.63. The van der Waals surface area contributed by atoms with Crippen LogP contribution in [-0.2, 0) is 24.4 Å². The lowest BCUT2D eigenvalue weighted by atomic mass is 10.0. The molecule has 8 heteroatoms. The van der Waals surface area contributed by atoms with Crippen LogP contribution in [0.1, 0.15) is 19.8 Å². The monoisotopic (exact) mass is 252 g/mol. The lowest BCUT2D eigenvalue weighted by Crippen LogP contribution is -2.48. The topological polar surface area (TPSA) is 118 Å². The van der Waals surface area contributed by atoms with Crippen molar-refractivity contribution in [2.24, 2.45) is 0 Å². The normalized spacial score (nSPS) is 14.9. The maximum atomic E-state index is 11.4. The second kappa shape index (κ2) is 5.08. The van der Waals surface area contributed by atoms with Crippen LogP contribution in [0, 0.1) is 0 Å². The third-order valence-electron chi connectivity index (χ3n) is 2.06. The number of ether oxygens (including phenoxy) is 1. The van der Waals surface area contributed by atoms with Gasteiger partial charge in [0.15, 0.2) is 0 Å². The Morgan fingerprint density at radius 1 is 1.50 bits per heavy atom. The average molecular weight is 252 g/mol. The van der Waals surface area contributed by atoms with Crippen LogP contribution in [0.2, 0.25) is 0 Å². The van der Waals surface area contributed by atoms with E-state index in [9.17, 15) is 18.0 Å². The van der Waals surface area contributed by atoms with Gasteiger partial charge in [0.25, 0.3) is 10.1 Å². The second-order valence-corrected chi connectivity index (χ2v) is 4.70. The molecule has 1 unspecified atom stereocenters. The molecule has 0 saturated carbocycles. The van der Waals surface area contributed by atoms with Gasteiger partial charge in [0.05, 0.1) is 12.7 Å². The molecule has 0 fully saturated rings. The number of rotatable bonds is 6. The average Bonchev–Trinajstić information content (AvgIpc) is 2.12. The van der Waals surface area contributed by atoms with Crippen LogP contribution >= 0.6 is 0 Å². The fraction of sp³-hybridized carbons (Fsp3) is 0.500. The molecule has 0 aromatic carbocycles. The molecule has 7 nitrogen and oxygen atoms in total. The molecule has 0 rings (SSSR count). The van der Waals surface area contributed by atoms with Crippen molar-refractivity contribution < 1.29 is 32.4 Å². The predicted molar refractivity (Wildman–Crippen MR) is 53.1 cm³/mol. The molecule has 0 saturated heterocycles. The van der Waals surface area contributed by atoms with Crippen molar-refractivity contribution in [1.82, 2.24) is 0 Å². The van der Waals surface area contributed by atoms with Crippen LogP contribution in [0.25, 0.3) is 0 Å². The second-order valence-electron chi connectivity index (χ2n) is 2.97. The highest BCUT2D eigenvalue weighted by Gasteiger charge is 2.52. The number of hydrogen-bond donors (Lipinski definition) is 2. The molecule has 16 heavy (non-hydrogen) atoms. The summed E-state index contributed by atoms with van der Waals surface area (Å²) in [6.07, 6.45) is -0.834. The van der Waals surface area contributed by atoms with Gasteiger partial charge >= 0.3 is 11.9 Å². The molecule has 0 bridgehead atoms. The number of carbonyl (C=O) groups is 2. The summed E-state index contributed by atoms with van der Waals surface area (Å²) in [7, 11) is -4.90. The van der Waals surface area contributed by atoms with Crippen molar-refractivity contribution in [3.8, 4) is 0 Å². The Labute approximate surface area is 92.5 Å². The number of aliphatic carboxylic acids is 1. The number of carboxylic acid groups (broad SMARTS) is 1. The summed E-state index contributed by atoms with van der Waals surface area (Å²) >= 11 is 0. The molecule has 0 aromatic heterocycles. The Morgan fingerprint density at radius 2 is 2.00 bits per heavy atom. The van der Waals surface area contributed by atoms with Gasteiger partial charge < -0.3 is 9.84 Å². The Hall–Kier alpha value is -1.41. The molecular formula is C8H12O7S. The first-order valence-corrected chi connectivity index (χ1v) is 5.66. The third kappa shape index (κ3) is 2.80. The van der Waals surface area contributed by atoms with E-state index >= 15 is 0 Å². The van der Waals surface area contributed by atoms with Gasteiger partial charge in [-0.3, -0.25) is 9.35 Å². The van der Waals surface area contributed by atoms with Crippen molar-refractivity contribution in [2.75, 3.05) is 0 Å². The van der Waals surface area contributed by atoms with Crippen molar-refractivity contribution in [2.45, 2.75) is 24.5 Å². The van der Waals surface area contributed by atoms with E-state index in [4.69, 9.17) is 9.66 Å². The van der Waals surface area contributed by atoms with Crippen LogP contribution in [0.3, 0.4) is 0 Å². The van der Waals surface area contributed by atoms with Gasteiger partial charge in [0.1, 0.15) is 0 Å². The molecule has 0 aromatic rings. The first-order valence-electron chi connectivity index (χ1n) is 4.22. The van der Waals surface area contributed by atoms with E-state index in [2.05, 4.69) is 11.3 Å². The fourth-order valence-electron chi connectivity index (χ4n) is 1.15. The van der Waals surface area contributed by atoms with Gasteiger partial charge in [-0.2, -0.15) is 8.42 Å². The molecule has 2 N–H and O–H groups in total. The van der Waals surface area contributed by atoms with Gasteiger partial charge in [-0.15, -0.1) is 0 Å². The fourth-order valence-corrected chi connectivity index (χ4v) is 2.08. The maximum absolute atomic E-state index is 11.4. The summed E-state index contributed by atoms with van der Waals surface area (Å²) < 4.78 is 32.9. The van der Waals surface area contributed by atoms with Crippen molar-refractivity contribution >= 4 is 22.1 Å². The van der Waals surface area contributed by atoms with E-state index in [1.54, 1.807) is 0 Å². The lowest BCUT2D eigenvalue weighted by Gasteiger charge is -2.24. The quantitative estimate of drug-likeness (QED) is 0.393. The maximum Gasteiger partial charge on any atom is 0.335 e.